The Morgan fingerprint density at radius 3 is 2.96 bits per heavy atom. The number of aryl methyl sites for hydroxylation is 2. The van der Waals surface area contributed by atoms with Crippen LogP contribution in [0.5, 0.6) is 0 Å². The van der Waals surface area contributed by atoms with Gasteiger partial charge in [-0.3, -0.25) is 9.79 Å². The van der Waals surface area contributed by atoms with Gasteiger partial charge in [-0.25, -0.2) is 0 Å². The number of benzene rings is 1. The van der Waals surface area contributed by atoms with E-state index in [2.05, 4.69) is 38.8 Å². The van der Waals surface area contributed by atoms with Gasteiger partial charge in [0.05, 0.1) is 6.54 Å². The van der Waals surface area contributed by atoms with Crippen molar-refractivity contribution in [2.45, 2.75) is 32.7 Å². The summed E-state index contributed by atoms with van der Waals surface area (Å²) in [5.74, 6) is 1.62. The minimum absolute atomic E-state index is 0.0529. The van der Waals surface area contributed by atoms with Gasteiger partial charge in [-0.05, 0) is 24.5 Å². The summed E-state index contributed by atoms with van der Waals surface area (Å²) in [6, 6.07) is 8.12. The van der Waals surface area contributed by atoms with Gasteiger partial charge in [0, 0.05) is 38.8 Å². The van der Waals surface area contributed by atoms with Crippen LogP contribution in [0.4, 0.5) is 5.69 Å². The molecule has 1 aromatic carbocycles. The first-order valence-corrected chi connectivity index (χ1v) is 9.42. The van der Waals surface area contributed by atoms with Crippen molar-refractivity contribution in [1.82, 2.24) is 25.4 Å². The number of nitrogens with zero attached hydrogens (tertiary/aromatic N) is 5. The molecule has 1 amide bonds. The first kappa shape index (κ1) is 18.9. The molecule has 1 aliphatic heterocycles. The zero-order chi connectivity index (χ0) is 19.1. The molecule has 144 valence electrons. The maximum absolute atomic E-state index is 12.7. The summed E-state index contributed by atoms with van der Waals surface area (Å²) in [7, 11) is 1.70. The number of aromatic nitrogens is 3. The molecule has 2 heterocycles. The van der Waals surface area contributed by atoms with Gasteiger partial charge >= 0.3 is 0 Å². The lowest BCUT2D eigenvalue weighted by molar-refractivity contribution is -0.117. The van der Waals surface area contributed by atoms with E-state index in [0.29, 0.717) is 12.5 Å². The molecular weight excluding hydrogens is 342 g/mol. The van der Waals surface area contributed by atoms with Gasteiger partial charge in [0.25, 0.3) is 0 Å². The Morgan fingerprint density at radius 1 is 1.30 bits per heavy atom. The van der Waals surface area contributed by atoms with Crippen LogP contribution in [0.15, 0.2) is 35.6 Å². The number of carbonyl (C=O) groups excluding carboxylic acids is 1. The molecule has 0 bridgehead atoms. The number of anilines is 1. The van der Waals surface area contributed by atoms with E-state index in [4.69, 9.17) is 0 Å². The van der Waals surface area contributed by atoms with E-state index in [1.54, 1.807) is 13.4 Å². The second kappa shape index (κ2) is 9.16. The molecule has 8 heteroatoms. The van der Waals surface area contributed by atoms with Crippen LogP contribution in [0, 0.1) is 0 Å². The van der Waals surface area contributed by atoms with Gasteiger partial charge in [0.15, 0.2) is 5.96 Å². The van der Waals surface area contributed by atoms with E-state index < -0.39 is 0 Å². The third-order valence-corrected chi connectivity index (χ3v) is 4.70. The highest BCUT2D eigenvalue weighted by Crippen LogP contribution is 2.26. The molecule has 0 radical (unpaired) electrons. The summed E-state index contributed by atoms with van der Waals surface area (Å²) < 4.78 is 2.01. The van der Waals surface area contributed by atoms with Gasteiger partial charge in [-0.15, -0.1) is 10.2 Å². The van der Waals surface area contributed by atoms with E-state index in [9.17, 15) is 4.79 Å². The standard InChI is InChI=1S/C19H27N7O/c1-3-17-24-23-14-25(17)12-10-21-19(20-2)22-13-18(27)26-11-6-8-15-7-4-5-9-16(15)26/h4-5,7,9,14H,3,6,8,10-13H2,1-2H3,(H2,20,21,22). The van der Waals surface area contributed by atoms with Crippen LogP contribution in [0.1, 0.15) is 24.7 Å². The number of guanidine groups is 1. The average molecular weight is 369 g/mol. The summed E-state index contributed by atoms with van der Waals surface area (Å²) >= 11 is 0. The van der Waals surface area contributed by atoms with Crippen molar-refractivity contribution in [2.75, 3.05) is 31.6 Å². The minimum Gasteiger partial charge on any atom is -0.355 e. The Labute approximate surface area is 159 Å². The van der Waals surface area contributed by atoms with E-state index in [1.165, 1.54) is 5.56 Å². The van der Waals surface area contributed by atoms with Gasteiger partial charge in [0.1, 0.15) is 12.2 Å². The molecule has 0 saturated heterocycles. The smallest absolute Gasteiger partial charge is 0.246 e. The lowest BCUT2D eigenvalue weighted by Crippen LogP contribution is -2.46. The van der Waals surface area contributed by atoms with Crippen LogP contribution in [0.2, 0.25) is 0 Å². The number of aliphatic imine (C=N–C) groups is 1. The Kier molecular flexibility index (Phi) is 6.40. The van der Waals surface area contributed by atoms with Crippen molar-refractivity contribution in [3.8, 4) is 0 Å². The van der Waals surface area contributed by atoms with Crippen molar-refractivity contribution in [2.24, 2.45) is 4.99 Å². The van der Waals surface area contributed by atoms with Crippen molar-refractivity contribution in [3.63, 3.8) is 0 Å². The molecule has 0 unspecified atom stereocenters. The monoisotopic (exact) mass is 369 g/mol. The highest BCUT2D eigenvalue weighted by molar-refractivity contribution is 5.98. The highest BCUT2D eigenvalue weighted by Gasteiger charge is 2.21. The molecule has 0 atom stereocenters. The number of rotatable bonds is 6. The molecule has 0 fully saturated rings. The van der Waals surface area contributed by atoms with Crippen LogP contribution in [-0.2, 0) is 24.2 Å². The summed E-state index contributed by atoms with van der Waals surface area (Å²) in [6.45, 7) is 4.44. The number of para-hydroxylation sites is 1. The van der Waals surface area contributed by atoms with Crippen molar-refractivity contribution < 1.29 is 4.79 Å². The summed E-state index contributed by atoms with van der Waals surface area (Å²) in [5.41, 5.74) is 2.26. The second-order valence-corrected chi connectivity index (χ2v) is 6.42. The molecule has 8 nitrogen and oxygen atoms in total. The summed E-state index contributed by atoms with van der Waals surface area (Å²) in [6.07, 6.45) is 4.60. The molecule has 27 heavy (non-hydrogen) atoms. The van der Waals surface area contributed by atoms with Crippen molar-refractivity contribution in [1.29, 1.82) is 0 Å². The van der Waals surface area contributed by atoms with Crippen molar-refractivity contribution in [3.05, 3.63) is 42.0 Å². The maximum Gasteiger partial charge on any atom is 0.246 e. The number of nitrogens with one attached hydrogen (secondary N) is 2. The van der Waals surface area contributed by atoms with Crippen molar-refractivity contribution >= 4 is 17.6 Å². The minimum atomic E-state index is 0.0529. The molecule has 1 aliphatic rings. The molecule has 2 aromatic rings. The topological polar surface area (TPSA) is 87.4 Å². The van der Waals surface area contributed by atoms with Crippen LogP contribution in [0.25, 0.3) is 0 Å². The van der Waals surface area contributed by atoms with Crippen LogP contribution >= 0.6 is 0 Å². The summed E-state index contributed by atoms with van der Waals surface area (Å²) in [5, 5.41) is 14.3. The fourth-order valence-electron chi connectivity index (χ4n) is 3.30. The zero-order valence-electron chi connectivity index (χ0n) is 16.0. The van der Waals surface area contributed by atoms with Crippen LogP contribution in [-0.4, -0.2) is 53.3 Å². The number of carbonyl (C=O) groups is 1. The largest absolute Gasteiger partial charge is 0.355 e. The van der Waals surface area contributed by atoms with Gasteiger partial charge in [0.2, 0.25) is 5.91 Å². The SMILES string of the molecule is CCc1nncn1CCNC(=NC)NCC(=O)N1CCCc2ccccc21. The van der Waals surface area contributed by atoms with Crippen LogP contribution in [0.3, 0.4) is 0 Å². The second-order valence-electron chi connectivity index (χ2n) is 6.42. The predicted octanol–water partition coefficient (Wildman–Crippen LogP) is 0.985. The van der Waals surface area contributed by atoms with E-state index in [0.717, 1.165) is 43.9 Å². The number of fused-ring (bicyclic) bond motifs is 1. The highest BCUT2D eigenvalue weighted by atomic mass is 16.2. The predicted molar refractivity (Wildman–Crippen MR) is 106 cm³/mol. The normalized spacial score (nSPS) is 14.0. The fourth-order valence-corrected chi connectivity index (χ4v) is 3.30. The van der Waals surface area contributed by atoms with Gasteiger partial charge in [-0.2, -0.15) is 0 Å². The van der Waals surface area contributed by atoms with E-state index in [1.807, 2.05) is 27.7 Å². The molecule has 3 rings (SSSR count). The maximum atomic E-state index is 12.7. The Bertz CT molecular complexity index is 799. The van der Waals surface area contributed by atoms with Gasteiger partial charge < -0.3 is 20.1 Å². The first-order chi connectivity index (χ1) is 13.2. The Balaban J connectivity index is 1.49. The molecule has 1 aromatic heterocycles. The van der Waals surface area contributed by atoms with Gasteiger partial charge in [-0.1, -0.05) is 25.1 Å². The van der Waals surface area contributed by atoms with E-state index in [-0.39, 0.29) is 12.5 Å². The Morgan fingerprint density at radius 2 is 2.15 bits per heavy atom. The number of hydrogen-bond acceptors (Lipinski definition) is 4. The first-order valence-electron chi connectivity index (χ1n) is 9.42. The molecule has 2 N–H and O–H groups in total. The van der Waals surface area contributed by atoms with E-state index >= 15 is 0 Å². The third kappa shape index (κ3) is 4.64. The number of hydrogen-bond donors (Lipinski definition) is 2. The quantitative estimate of drug-likeness (QED) is 0.586. The fraction of sp³-hybridized carbons (Fsp3) is 0.474. The lowest BCUT2D eigenvalue weighted by Gasteiger charge is -2.29. The lowest BCUT2D eigenvalue weighted by atomic mass is 10.0. The molecule has 0 saturated carbocycles. The molecular formula is C19H27N7O. The number of amides is 1. The van der Waals surface area contributed by atoms with Crippen LogP contribution < -0.4 is 15.5 Å². The summed E-state index contributed by atoms with van der Waals surface area (Å²) in [4.78, 5) is 18.7. The molecule has 0 aliphatic carbocycles. The zero-order valence-corrected chi connectivity index (χ0v) is 16.0. The molecule has 0 spiro atoms. The Hall–Kier alpha value is -2.90. The third-order valence-electron chi connectivity index (χ3n) is 4.70. The average Bonchev–Trinajstić information content (AvgIpc) is 3.17.